The van der Waals surface area contributed by atoms with Crippen LogP contribution >= 0.6 is 15.9 Å². The molecule has 0 spiro atoms. The van der Waals surface area contributed by atoms with E-state index in [0.29, 0.717) is 0 Å². The van der Waals surface area contributed by atoms with Crippen molar-refractivity contribution in [2.75, 3.05) is 25.5 Å². The number of carbonyl (C=O) groups excluding carboxylic acids is 1. The van der Waals surface area contributed by atoms with Gasteiger partial charge in [0, 0.05) is 29.3 Å². The maximum atomic E-state index is 12.6. The van der Waals surface area contributed by atoms with E-state index in [1.54, 1.807) is 7.11 Å². The number of carbonyl (C=O) groups is 1. The number of piperidine rings is 1. The fourth-order valence-corrected chi connectivity index (χ4v) is 3.70. The molecule has 1 saturated heterocycles. The minimum Gasteiger partial charge on any atom is -0.497 e. The maximum absolute atomic E-state index is 12.6. The average molecular weight is 403 g/mol. The molecule has 0 aliphatic carbocycles. The molecule has 1 fully saturated rings. The molecule has 4 nitrogen and oxygen atoms in total. The van der Waals surface area contributed by atoms with Crippen LogP contribution in [0.2, 0.25) is 0 Å². The Hall–Kier alpha value is -1.85. The molecule has 1 aliphatic heterocycles. The van der Waals surface area contributed by atoms with Gasteiger partial charge in [-0.25, -0.2) is 0 Å². The van der Waals surface area contributed by atoms with E-state index in [1.165, 1.54) is 5.56 Å². The maximum Gasteiger partial charge on any atom is 0.228 e. The first-order valence-electron chi connectivity index (χ1n) is 8.56. The lowest BCUT2D eigenvalue weighted by Gasteiger charge is -2.32. The molecule has 5 heteroatoms. The van der Waals surface area contributed by atoms with Crippen molar-refractivity contribution in [3.8, 4) is 5.75 Å². The number of hydrogen-bond donors (Lipinski definition) is 1. The highest BCUT2D eigenvalue weighted by molar-refractivity contribution is 9.10. The monoisotopic (exact) mass is 402 g/mol. The SMILES string of the molecule is COc1cccc(NC(=O)C2CCCN(Cc3cccc(Br)c3)C2)c1. The minimum absolute atomic E-state index is 0.0205. The summed E-state index contributed by atoms with van der Waals surface area (Å²) in [6.07, 6.45) is 1.98. The van der Waals surface area contributed by atoms with Crippen LogP contribution in [0.15, 0.2) is 53.0 Å². The Kier molecular flexibility index (Phi) is 6.10. The minimum atomic E-state index is 0.0205. The molecule has 1 unspecified atom stereocenters. The summed E-state index contributed by atoms with van der Waals surface area (Å²) in [5, 5.41) is 3.03. The summed E-state index contributed by atoms with van der Waals surface area (Å²) in [5.74, 6) is 0.858. The Morgan fingerprint density at radius 3 is 2.92 bits per heavy atom. The van der Waals surface area contributed by atoms with E-state index in [-0.39, 0.29) is 11.8 Å². The third-order valence-electron chi connectivity index (χ3n) is 4.51. The van der Waals surface area contributed by atoms with Crippen LogP contribution < -0.4 is 10.1 Å². The summed E-state index contributed by atoms with van der Waals surface area (Å²) in [6.45, 7) is 2.71. The Balaban J connectivity index is 1.59. The first kappa shape index (κ1) is 18.0. The average Bonchev–Trinajstić information content (AvgIpc) is 2.62. The standard InChI is InChI=1S/C20H23BrN2O2/c1-25-19-9-3-8-18(12-19)22-20(24)16-6-4-10-23(14-16)13-15-5-2-7-17(21)11-15/h2-3,5,7-9,11-12,16H,4,6,10,13-14H2,1H3,(H,22,24). The fraction of sp³-hybridized carbons (Fsp3) is 0.350. The number of benzene rings is 2. The second kappa shape index (κ2) is 8.50. The summed E-state index contributed by atoms with van der Waals surface area (Å²) >= 11 is 3.52. The number of likely N-dealkylation sites (tertiary alicyclic amines) is 1. The lowest BCUT2D eigenvalue weighted by molar-refractivity contribution is -0.121. The van der Waals surface area contributed by atoms with E-state index in [1.807, 2.05) is 30.3 Å². The molecule has 25 heavy (non-hydrogen) atoms. The lowest BCUT2D eigenvalue weighted by atomic mass is 9.96. The second-order valence-electron chi connectivity index (χ2n) is 6.43. The van der Waals surface area contributed by atoms with Crippen molar-refractivity contribution in [3.05, 3.63) is 58.6 Å². The van der Waals surface area contributed by atoms with Gasteiger partial charge in [0.2, 0.25) is 5.91 Å². The molecule has 2 aromatic rings. The van der Waals surface area contributed by atoms with Crippen molar-refractivity contribution in [1.29, 1.82) is 0 Å². The van der Waals surface area contributed by atoms with Gasteiger partial charge < -0.3 is 10.1 Å². The number of amides is 1. The second-order valence-corrected chi connectivity index (χ2v) is 7.34. The van der Waals surface area contributed by atoms with Gasteiger partial charge in [0.15, 0.2) is 0 Å². The van der Waals surface area contributed by atoms with Crippen molar-refractivity contribution in [2.24, 2.45) is 5.92 Å². The molecule has 1 atom stereocenters. The molecular weight excluding hydrogens is 380 g/mol. The number of hydrogen-bond acceptors (Lipinski definition) is 3. The Labute approximate surface area is 157 Å². The summed E-state index contributed by atoms with van der Waals surface area (Å²) < 4.78 is 6.30. The van der Waals surface area contributed by atoms with Crippen LogP contribution in [0.25, 0.3) is 0 Å². The number of ether oxygens (including phenoxy) is 1. The van der Waals surface area contributed by atoms with Gasteiger partial charge in [0.05, 0.1) is 13.0 Å². The quantitative estimate of drug-likeness (QED) is 0.809. The van der Waals surface area contributed by atoms with E-state index in [9.17, 15) is 4.79 Å². The van der Waals surface area contributed by atoms with Crippen LogP contribution in [-0.2, 0) is 11.3 Å². The van der Waals surface area contributed by atoms with E-state index >= 15 is 0 Å². The number of nitrogens with one attached hydrogen (secondary N) is 1. The molecule has 0 bridgehead atoms. The summed E-state index contributed by atoms with van der Waals surface area (Å²) in [6, 6.07) is 15.8. The van der Waals surface area contributed by atoms with Gasteiger partial charge in [-0.1, -0.05) is 34.1 Å². The topological polar surface area (TPSA) is 41.6 Å². The Bertz CT molecular complexity index is 735. The van der Waals surface area contributed by atoms with E-state index < -0.39 is 0 Å². The number of halogens is 1. The molecule has 1 N–H and O–H groups in total. The van der Waals surface area contributed by atoms with E-state index in [4.69, 9.17) is 4.74 Å². The zero-order valence-corrected chi connectivity index (χ0v) is 16.0. The Morgan fingerprint density at radius 2 is 2.12 bits per heavy atom. The van der Waals surface area contributed by atoms with Crippen molar-refractivity contribution in [1.82, 2.24) is 4.90 Å². The highest BCUT2D eigenvalue weighted by Crippen LogP contribution is 2.23. The number of nitrogens with zero attached hydrogens (tertiary/aromatic N) is 1. The van der Waals surface area contributed by atoms with Gasteiger partial charge in [-0.05, 0) is 49.2 Å². The largest absolute Gasteiger partial charge is 0.497 e. The van der Waals surface area contributed by atoms with Crippen LogP contribution in [0.4, 0.5) is 5.69 Å². The van der Waals surface area contributed by atoms with Gasteiger partial charge in [0.1, 0.15) is 5.75 Å². The van der Waals surface area contributed by atoms with E-state index in [0.717, 1.165) is 48.4 Å². The van der Waals surface area contributed by atoms with Gasteiger partial charge >= 0.3 is 0 Å². The molecule has 1 heterocycles. The van der Waals surface area contributed by atoms with Gasteiger partial charge in [-0.3, -0.25) is 9.69 Å². The van der Waals surface area contributed by atoms with Gasteiger partial charge in [-0.2, -0.15) is 0 Å². The van der Waals surface area contributed by atoms with Crippen molar-refractivity contribution < 1.29 is 9.53 Å². The van der Waals surface area contributed by atoms with Crippen molar-refractivity contribution in [2.45, 2.75) is 19.4 Å². The smallest absolute Gasteiger partial charge is 0.228 e. The van der Waals surface area contributed by atoms with E-state index in [2.05, 4.69) is 44.3 Å². The predicted molar refractivity (Wildman–Crippen MR) is 104 cm³/mol. The van der Waals surface area contributed by atoms with Crippen LogP contribution in [0.3, 0.4) is 0 Å². The lowest BCUT2D eigenvalue weighted by Crippen LogP contribution is -2.40. The summed E-state index contributed by atoms with van der Waals surface area (Å²) in [5.41, 5.74) is 2.05. The molecular formula is C20H23BrN2O2. The molecule has 0 aromatic heterocycles. The van der Waals surface area contributed by atoms with Crippen LogP contribution in [0, 0.1) is 5.92 Å². The predicted octanol–water partition coefficient (Wildman–Crippen LogP) is 4.31. The third kappa shape index (κ3) is 5.06. The highest BCUT2D eigenvalue weighted by atomic mass is 79.9. The zero-order valence-electron chi connectivity index (χ0n) is 14.4. The summed E-state index contributed by atoms with van der Waals surface area (Å²) in [7, 11) is 1.63. The number of anilines is 1. The zero-order chi connectivity index (χ0) is 17.6. The molecule has 132 valence electrons. The first-order valence-corrected chi connectivity index (χ1v) is 9.35. The van der Waals surface area contributed by atoms with Gasteiger partial charge in [-0.15, -0.1) is 0 Å². The number of methoxy groups -OCH3 is 1. The van der Waals surface area contributed by atoms with Crippen molar-refractivity contribution >= 4 is 27.5 Å². The molecule has 3 rings (SSSR count). The molecule has 1 amide bonds. The molecule has 0 saturated carbocycles. The first-order chi connectivity index (χ1) is 12.1. The normalized spacial score (nSPS) is 17.9. The van der Waals surface area contributed by atoms with Crippen LogP contribution in [0.1, 0.15) is 18.4 Å². The van der Waals surface area contributed by atoms with Crippen LogP contribution in [-0.4, -0.2) is 31.0 Å². The van der Waals surface area contributed by atoms with Crippen LogP contribution in [0.5, 0.6) is 5.75 Å². The third-order valence-corrected chi connectivity index (χ3v) is 5.00. The van der Waals surface area contributed by atoms with Crippen molar-refractivity contribution in [3.63, 3.8) is 0 Å². The summed E-state index contributed by atoms with van der Waals surface area (Å²) in [4.78, 5) is 15.0. The molecule has 1 aliphatic rings. The fourth-order valence-electron chi connectivity index (χ4n) is 3.25. The highest BCUT2D eigenvalue weighted by Gasteiger charge is 2.26. The Morgan fingerprint density at radius 1 is 1.28 bits per heavy atom. The number of rotatable bonds is 5. The van der Waals surface area contributed by atoms with Gasteiger partial charge in [0.25, 0.3) is 0 Å². The molecule has 2 aromatic carbocycles. The molecule has 0 radical (unpaired) electrons.